The highest BCUT2D eigenvalue weighted by atomic mass is 32.1. The molecule has 0 radical (unpaired) electrons. The van der Waals surface area contributed by atoms with Gasteiger partial charge in [0, 0.05) is 31.6 Å². The number of aryl methyl sites for hydroxylation is 1. The number of amides is 1. The molecule has 0 spiro atoms. The minimum Gasteiger partial charge on any atom is -0.343 e. The molecule has 19 heavy (non-hydrogen) atoms. The van der Waals surface area contributed by atoms with Gasteiger partial charge in [-0.05, 0) is 54.5 Å². The van der Waals surface area contributed by atoms with E-state index in [1.807, 2.05) is 11.9 Å². The van der Waals surface area contributed by atoms with Crippen molar-refractivity contribution in [3.8, 4) is 0 Å². The van der Waals surface area contributed by atoms with E-state index in [1.54, 1.807) is 11.3 Å². The summed E-state index contributed by atoms with van der Waals surface area (Å²) in [5.74, 6) is 0.303. The van der Waals surface area contributed by atoms with Gasteiger partial charge < -0.3 is 10.2 Å². The lowest BCUT2D eigenvalue weighted by atomic mass is 9.98. The summed E-state index contributed by atoms with van der Waals surface area (Å²) in [6, 6.07) is 3.86. The van der Waals surface area contributed by atoms with Gasteiger partial charge >= 0.3 is 0 Å². The Balaban J connectivity index is 1.51. The molecule has 2 aliphatic heterocycles. The van der Waals surface area contributed by atoms with Gasteiger partial charge in [-0.1, -0.05) is 0 Å². The molecule has 1 aromatic heterocycles. The fraction of sp³-hybridized carbons (Fsp3) is 0.667. The molecule has 2 unspecified atom stereocenters. The molecule has 0 saturated carbocycles. The summed E-state index contributed by atoms with van der Waals surface area (Å²) in [6.45, 7) is 0. The Bertz CT molecular complexity index is 419. The number of hydrogen-bond acceptors (Lipinski definition) is 3. The molecule has 0 aliphatic carbocycles. The van der Waals surface area contributed by atoms with Gasteiger partial charge in [-0.15, -0.1) is 0 Å². The van der Waals surface area contributed by atoms with Gasteiger partial charge in [0.15, 0.2) is 0 Å². The highest BCUT2D eigenvalue weighted by Gasteiger charge is 2.36. The number of nitrogens with zero attached hydrogens (tertiary/aromatic N) is 1. The lowest BCUT2D eigenvalue weighted by Gasteiger charge is -2.35. The summed E-state index contributed by atoms with van der Waals surface area (Å²) >= 11 is 1.70. The molecule has 2 fully saturated rings. The van der Waals surface area contributed by atoms with Crippen molar-refractivity contribution in [2.24, 2.45) is 0 Å². The van der Waals surface area contributed by atoms with Crippen LogP contribution in [-0.2, 0) is 11.2 Å². The van der Waals surface area contributed by atoms with Gasteiger partial charge in [0.25, 0.3) is 0 Å². The minimum absolute atomic E-state index is 0.303. The van der Waals surface area contributed by atoms with Crippen LogP contribution < -0.4 is 5.32 Å². The van der Waals surface area contributed by atoms with Crippen molar-refractivity contribution in [1.82, 2.24) is 10.2 Å². The quantitative estimate of drug-likeness (QED) is 0.917. The van der Waals surface area contributed by atoms with Gasteiger partial charge in [-0.25, -0.2) is 0 Å². The Kier molecular flexibility index (Phi) is 3.89. The molecule has 3 heterocycles. The van der Waals surface area contributed by atoms with Crippen LogP contribution >= 0.6 is 11.3 Å². The second-order valence-electron chi connectivity index (χ2n) is 5.90. The zero-order valence-corrected chi connectivity index (χ0v) is 12.3. The van der Waals surface area contributed by atoms with Crippen molar-refractivity contribution < 1.29 is 4.79 Å². The first kappa shape index (κ1) is 13.1. The maximum atomic E-state index is 12.3. The highest BCUT2D eigenvalue weighted by molar-refractivity contribution is 7.07. The Morgan fingerprint density at radius 2 is 2.16 bits per heavy atom. The number of rotatable bonds is 4. The number of nitrogens with one attached hydrogen (secondary N) is 1. The molecule has 1 N–H and O–H groups in total. The summed E-state index contributed by atoms with van der Waals surface area (Å²) in [4.78, 5) is 14.3. The first-order valence-corrected chi connectivity index (χ1v) is 8.19. The van der Waals surface area contributed by atoms with Crippen molar-refractivity contribution in [1.29, 1.82) is 0 Å². The molecule has 2 aliphatic rings. The first-order valence-electron chi connectivity index (χ1n) is 7.25. The second kappa shape index (κ2) is 5.63. The third-order valence-corrected chi connectivity index (χ3v) is 5.33. The van der Waals surface area contributed by atoms with E-state index in [0.717, 1.165) is 19.3 Å². The topological polar surface area (TPSA) is 32.3 Å². The van der Waals surface area contributed by atoms with Crippen molar-refractivity contribution in [3.05, 3.63) is 22.4 Å². The second-order valence-corrected chi connectivity index (χ2v) is 6.68. The van der Waals surface area contributed by atoms with E-state index in [-0.39, 0.29) is 0 Å². The SMILES string of the molecule is CN(C(=O)CCc1ccsc1)C1CC2CCC(C1)N2. The van der Waals surface area contributed by atoms with Crippen molar-refractivity contribution in [2.45, 2.75) is 56.7 Å². The average molecular weight is 278 g/mol. The lowest BCUT2D eigenvalue weighted by Crippen LogP contribution is -2.48. The number of piperidine rings is 1. The van der Waals surface area contributed by atoms with Crippen LogP contribution in [0.15, 0.2) is 16.8 Å². The summed E-state index contributed by atoms with van der Waals surface area (Å²) in [6.07, 6.45) is 6.38. The number of hydrogen-bond donors (Lipinski definition) is 1. The number of fused-ring (bicyclic) bond motifs is 2. The molecule has 104 valence electrons. The molecule has 1 aromatic rings. The third-order valence-electron chi connectivity index (χ3n) is 4.60. The molecule has 2 atom stereocenters. The van der Waals surface area contributed by atoms with E-state index in [1.165, 1.54) is 18.4 Å². The van der Waals surface area contributed by atoms with Crippen LogP contribution in [0.2, 0.25) is 0 Å². The van der Waals surface area contributed by atoms with Crippen LogP contribution in [0.1, 0.15) is 37.7 Å². The van der Waals surface area contributed by atoms with Crippen LogP contribution in [0, 0.1) is 0 Å². The molecule has 2 bridgehead atoms. The van der Waals surface area contributed by atoms with Gasteiger partial charge in [-0.3, -0.25) is 4.79 Å². The average Bonchev–Trinajstić information content (AvgIpc) is 3.05. The van der Waals surface area contributed by atoms with Crippen molar-refractivity contribution >= 4 is 17.2 Å². The number of thiophene rings is 1. The first-order chi connectivity index (χ1) is 9.22. The Morgan fingerprint density at radius 3 is 2.79 bits per heavy atom. The molecule has 3 nitrogen and oxygen atoms in total. The van der Waals surface area contributed by atoms with Crippen molar-refractivity contribution in [3.63, 3.8) is 0 Å². The van der Waals surface area contributed by atoms with E-state index < -0.39 is 0 Å². The van der Waals surface area contributed by atoms with Gasteiger partial charge in [0.1, 0.15) is 0 Å². The molecule has 3 rings (SSSR count). The lowest BCUT2D eigenvalue weighted by molar-refractivity contribution is -0.132. The zero-order valence-electron chi connectivity index (χ0n) is 11.5. The highest BCUT2D eigenvalue weighted by Crippen LogP contribution is 2.29. The molecule has 0 aromatic carbocycles. The monoisotopic (exact) mass is 278 g/mol. The zero-order chi connectivity index (χ0) is 13.2. The molecule has 4 heteroatoms. The smallest absolute Gasteiger partial charge is 0.222 e. The van der Waals surface area contributed by atoms with Crippen LogP contribution in [0.3, 0.4) is 0 Å². The fourth-order valence-electron chi connectivity index (χ4n) is 3.41. The fourth-order valence-corrected chi connectivity index (χ4v) is 4.11. The predicted molar refractivity (Wildman–Crippen MR) is 78.4 cm³/mol. The van der Waals surface area contributed by atoms with E-state index in [0.29, 0.717) is 30.5 Å². The van der Waals surface area contributed by atoms with E-state index in [4.69, 9.17) is 0 Å². The van der Waals surface area contributed by atoms with Crippen LogP contribution in [0.4, 0.5) is 0 Å². The van der Waals surface area contributed by atoms with Crippen LogP contribution in [0.25, 0.3) is 0 Å². The number of carbonyl (C=O) groups is 1. The van der Waals surface area contributed by atoms with Crippen LogP contribution in [0.5, 0.6) is 0 Å². The maximum absolute atomic E-state index is 12.3. The van der Waals surface area contributed by atoms with E-state index in [2.05, 4.69) is 22.1 Å². The summed E-state index contributed by atoms with van der Waals surface area (Å²) in [7, 11) is 1.99. The number of carbonyl (C=O) groups excluding carboxylic acids is 1. The van der Waals surface area contributed by atoms with Crippen molar-refractivity contribution in [2.75, 3.05) is 7.05 Å². The molecule has 1 amide bonds. The Hall–Kier alpha value is -0.870. The summed E-state index contributed by atoms with van der Waals surface area (Å²) < 4.78 is 0. The van der Waals surface area contributed by atoms with Gasteiger partial charge in [0.2, 0.25) is 5.91 Å². The normalized spacial score (nSPS) is 29.4. The van der Waals surface area contributed by atoms with E-state index in [9.17, 15) is 4.79 Å². The summed E-state index contributed by atoms with van der Waals surface area (Å²) in [5.41, 5.74) is 1.29. The van der Waals surface area contributed by atoms with Gasteiger partial charge in [0.05, 0.1) is 0 Å². The Labute approximate surface area is 119 Å². The molecular formula is C15H22N2OS. The van der Waals surface area contributed by atoms with Crippen LogP contribution in [-0.4, -0.2) is 36.0 Å². The maximum Gasteiger partial charge on any atom is 0.222 e. The predicted octanol–water partition coefficient (Wildman–Crippen LogP) is 2.42. The minimum atomic E-state index is 0.303. The van der Waals surface area contributed by atoms with E-state index >= 15 is 0 Å². The van der Waals surface area contributed by atoms with Gasteiger partial charge in [-0.2, -0.15) is 11.3 Å². The molecular weight excluding hydrogens is 256 g/mol. The largest absolute Gasteiger partial charge is 0.343 e. The summed E-state index contributed by atoms with van der Waals surface area (Å²) in [5, 5.41) is 7.85. The standard InChI is InChI=1S/C15H22N2OS/c1-17(14-8-12-3-4-13(9-14)16-12)15(18)5-2-11-6-7-19-10-11/h6-7,10,12-14,16H,2-5,8-9H2,1H3. The third kappa shape index (κ3) is 3.00. The Morgan fingerprint density at radius 1 is 1.42 bits per heavy atom. The molecule has 2 saturated heterocycles.